The minimum atomic E-state index is -0.721. The summed E-state index contributed by atoms with van der Waals surface area (Å²) in [6.07, 6.45) is 19.6. The van der Waals surface area contributed by atoms with E-state index in [4.69, 9.17) is 0 Å². The van der Waals surface area contributed by atoms with Crippen LogP contribution in [0.25, 0.3) is 5.57 Å². The molecular weight excluding hydrogens is 338 g/mol. The summed E-state index contributed by atoms with van der Waals surface area (Å²) in [5.74, 6) is 0.814. The van der Waals surface area contributed by atoms with Gasteiger partial charge in [-0.1, -0.05) is 82.2 Å². The van der Waals surface area contributed by atoms with Gasteiger partial charge in [0, 0.05) is 5.56 Å². The van der Waals surface area contributed by atoms with Crippen molar-refractivity contribution in [3.05, 3.63) is 53.1 Å². The fourth-order valence-corrected chi connectivity index (χ4v) is 4.82. The summed E-state index contributed by atoms with van der Waals surface area (Å²) in [5, 5.41) is 0. The summed E-state index contributed by atoms with van der Waals surface area (Å²) in [6, 6.07) is 3.37. The van der Waals surface area contributed by atoms with E-state index in [0.717, 1.165) is 23.8 Å². The fourth-order valence-electron chi connectivity index (χ4n) is 4.82. The molecule has 27 heavy (non-hydrogen) atoms. The zero-order valence-electron chi connectivity index (χ0n) is 16.9. The van der Waals surface area contributed by atoms with Crippen LogP contribution in [0.1, 0.15) is 82.3 Å². The average Bonchev–Trinajstić information content (AvgIpc) is 2.70. The molecule has 1 fully saturated rings. The van der Waals surface area contributed by atoms with E-state index in [0.29, 0.717) is 17.0 Å². The van der Waals surface area contributed by atoms with Crippen LogP contribution >= 0.6 is 0 Å². The monoisotopic (exact) mass is 372 g/mol. The van der Waals surface area contributed by atoms with Gasteiger partial charge in [-0.2, -0.15) is 0 Å². The molecule has 2 aliphatic rings. The van der Waals surface area contributed by atoms with E-state index in [-0.39, 0.29) is 0 Å². The zero-order valence-corrected chi connectivity index (χ0v) is 16.9. The molecule has 0 spiro atoms. The van der Waals surface area contributed by atoms with Crippen molar-refractivity contribution in [3.63, 3.8) is 0 Å². The van der Waals surface area contributed by atoms with Crippen molar-refractivity contribution in [2.24, 2.45) is 17.8 Å². The maximum Gasteiger partial charge on any atom is 0.166 e. The predicted molar refractivity (Wildman–Crippen MR) is 111 cm³/mol. The molecular formula is C25H34F2. The van der Waals surface area contributed by atoms with Gasteiger partial charge in [0.15, 0.2) is 11.6 Å². The SMILES string of the molecule is CCCCCCC1CCC(C2C=CC(c3ccc(C)c(F)c3F)=CC2)CC1. The zero-order chi connectivity index (χ0) is 19.2. The van der Waals surface area contributed by atoms with E-state index in [9.17, 15) is 8.78 Å². The minimum Gasteiger partial charge on any atom is -0.203 e. The van der Waals surface area contributed by atoms with Crippen LogP contribution in [0.5, 0.6) is 0 Å². The number of benzene rings is 1. The number of unbranched alkanes of at least 4 members (excludes halogenated alkanes) is 3. The van der Waals surface area contributed by atoms with Crippen molar-refractivity contribution in [1.29, 1.82) is 0 Å². The molecule has 1 aromatic carbocycles. The van der Waals surface area contributed by atoms with Crippen LogP contribution in [-0.4, -0.2) is 0 Å². The highest BCUT2D eigenvalue weighted by Crippen LogP contribution is 2.40. The maximum atomic E-state index is 14.2. The van der Waals surface area contributed by atoms with Crippen LogP contribution in [0.4, 0.5) is 8.78 Å². The Hall–Kier alpha value is -1.44. The fraction of sp³-hybridized carbons (Fsp3) is 0.600. The van der Waals surface area contributed by atoms with Crippen molar-refractivity contribution >= 4 is 5.57 Å². The number of aryl methyl sites for hydroxylation is 1. The molecule has 2 heteroatoms. The van der Waals surface area contributed by atoms with Gasteiger partial charge in [0.1, 0.15) is 0 Å². The number of hydrogen-bond donors (Lipinski definition) is 0. The van der Waals surface area contributed by atoms with Crippen LogP contribution in [0.3, 0.4) is 0 Å². The van der Waals surface area contributed by atoms with E-state index in [2.05, 4.69) is 19.1 Å². The Morgan fingerprint density at radius 1 is 0.963 bits per heavy atom. The summed E-state index contributed by atoms with van der Waals surface area (Å²) >= 11 is 0. The van der Waals surface area contributed by atoms with E-state index >= 15 is 0 Å². The van der Waals surface area contributed by atoms with Crippen LogP contribution in [0, 0.1) is 36.3 Å². The quantitative estimate of drug-likeness (QED) is 0.425. The first-order valence-electron chi connectivity index (χ1n) is 10.9. The maximum absolute atomic E-state index is 14.2. The summed E-state index contributed by atoms with van der Waals surface area (Å²) in [7, 11) is 0. The number of halogens is 2. The van der Waals surface area contributed by atoms with Crippen LogP contribution in [0.15, 0.2) is 30.4 Å². The van der Waals surface area contributed by atoms with Gasteiger partial charge in [0.05, 0.1) is 0 Å². The third kappa shape index (κ3) is 5.09. The van der Waals surface area contributed by atoms with Crippen molar-refractivity contribution in [3.8, 4) is 0 Å². The molecule has 0 nitrogen and oxygen atoms in total. The Labute approximate surface area is 163 Å². The van der Waals surface area contributed by atoms with Crippen molar-refractivity contribution in [2.75, 3.05) is 0 Å². The number of allylic oxidation sites excluding steroid dienone is 4. The number of rotatable bonds is 7. The Bertz CT molecular complexity index is 678. The van der Waals surface area contributed by atoms with Crippen molar-refractivity contribution in [1.82, 2.24) is 0 Å². The van der Waals surface area contributed by atoms with E-state index in [1.165, 1.54) is 57.8 Å². The topological polar surface area (TPSA) is 0 Å². The van der Waals surface area contributed by atoms with Gasteiger partial charge in [-0.15, -0.1) is 0 Å². The molecule has 0 saturated heterocycles. The molecule has 0 bridgehead atoms. The second-order valence-corrected chi connectivity index (χ2v) is 8.61. The molecule has 0 aliphatic heterocycles. The first-order chi connectivity index (χ1) is 13.1. The summed E-state index contributed by atoms with van der Waals surface area (Å²) in [5.41, 5.74) is 1.58. The molecule has 0 heterocycles. The summed E-state index contributed by atoms with van der Waals surface area (Å²) < 4.78 is 28.1. The van der Waals surface area contributed by atoms with Gasteiger partial charge in [-0.3, -0.25) is 0 Å². The minimum absolute atomic E-state index is 0.362. The van der Waals surface area contributed by atoms with Gasteiger partial charge >= 0.3 is 0 Å². The van der Waals surface area contributed by atoms with Gasteiger partial charge < -0.3 is 0 Å². The second kappa shape index (κ2) is 9.66. The van der Waals surface area contributed by atoms with Crippen LogP contribution < -0.4 is 0 Å². The standard InChI is InChI=1S/C25H34F2/c1-3-4-5-6-7-19-9-11-20(12-10-19)21-13-15-22(16-14-21)23-17-8-18(2)24(26)25(23)27/h8,13,15-17,19-21H,3-7,9-12,14H2,1-2H3. The molecule has 148 valence electrons. The first kappa shape index (κ1) is 20.3. The highest BCUT2D eigenvalue weighted by molar-refractivity contribution is 5.75. The van der Waals surface area contributed by atoms with E-state index < -0.39 is 11.6 Å². The number of hydrogen-bond acceptors (Lipinski definition) is 0. The molecule has 3 rings (SSSR count). The molecule has 0 amide bonds. The Kier molecular flexibility index (Phi) is 7.26. The summed E-state index contributed by atoms with van der Waals surface area (Å²) in [4.78, 5) is 0. The predicted octanol–water partition coefficient (Wildman–Crippen LogP) is 8.01. The Morgan fingerprint density at radius 2 is 1.74 bits per heavy atom. The Morgan fingerprint density at radius 3 is 2.41 bits per heavy atom. The normalized spacial score (nSPS) is 25.5. The van der Waals surface area contributed by atoms with Gasteiger partial charge in [-0.25, -0.2) is 8.78 Å². The molecule has 0 radical (unpaired) electrons. The molecule has 1 aromatic rings. The smallest absolute Gasteiger partial charge is 0.166 e. The molecule has 1 unspecified atom stereocenters. The highest BCUT2D eigenvalue weighted by Gasteiger charge is 2.27. The largest absolute Gasteiger partial charge is 0.203 e. The first-order valence-corrected chi connectivity index (χ1v) is 10.9. The lowest BCUT2D eigenvalue weighted by Crippen LogP contribution is -2.21. The molecule has 2 aliphatic carbocycles. The van der Waals surface area contributed by atoms with Crippen molar-refractivity contribution < 1.29 is 8.78 Å². The van der Waals surface area contributed by atoms with E-state index in [1.807, 2.05) is 6.08 Å². The third-order valence-electron chi connectivity index (χ3n) is 6.68. The van der Waals surface area contributed by atoms with Gasteiger partial charge in [0.25, 0.3) is 0 Å². The molecule has 0 aromatic heterocycles. The van der Waals surface area contributed by atoms with Crippen LogP contribution in [0.2, 0.25) is 0 Å². The lowest BCUT2D eigenvalue weighted by molar-refractivity contribution is 0.218. The molecule has 1 atom stereocenters. The highest BCUT2D eigenvalue weighted by atomic mass is 19.2. The molecule has 1 saturated carbocycles. The van der Waals surface area contributed by atoms with Gasteiger partial charge in [-0.05, 0) is 55.1 Å². The lowest BCUT2D eigenvalue weighted by Gasteiger charge is -2.33. The average molecular weight is 373 g/mol. The summed E-state index contributed by atoms with van der Waals surface area (Å²) in [6.45, 7) is 3.87. The second-order valence-electron chi connectivity index (χ2n) is 8.61. The molecule has 0 N–H and O–H groups in total. The Balaban J connectivity index is 1.50. The van der Waals surface area contributed by atoms with E-state index in [1.54, 1.807) is 19.1 Å². The lowest BCUT2D eigenvalue weighted by atomic mass is 9.72. The van der Waals surface area contributed by atoms with Gasteiger partial charge in [0.2, 0.25) is 0 Å². The van der Waals surface area contributed by atoms with Crippen molar-refractivity contribution in [2.45, 2.75) is 78.1 Å². The van der Waals surface area contributed by atoms with Crippen LogP contribution in [-0.2, 0) is 0 Å². The third-order valence-corrected chi connectivity index (χ3v) is 6.68.